The summed E-state index contributed by atoms with van der Waals surface area (Å²) in [6, 6.07) is 12.6. The van der Waals surface area contributed by atoms with Crippen LogP contribution in [0.5, 0.6) is 0 Å². The molecule has 7 nitrogen and oxygen atoms in total. The van der Waals surface area contributed by atoms with Gasteiger partial charge in [-0.25, -0.2) is 0 Å². The zero-order valence-corrected chi connectivity index (χ0v) is 18.6. The largest absolute Gasteiger partial charge is 0.396 e. The second kappa shape index (κ2) is 8.76. The van der Waals surface area contributed by atoms with Crippen molar-refractivity contribution in [2.45, 2.75) is 36.5 Å². The molecule has 0 aliphatic heterocycles. The fourth-order valence-electron chi connectivity index (χ4n) is 3.52. The van der Waals surface area contributed by atoms with Crippen LogP contribution in [0.15, 0.2) is 58.3 Å². The van der Waals surface area contributed by atoms with Gasteiger partial charge in [-0.05, 0) is 56.9 Å². The Bertz CT molecular complexity index is 986. The van der Waals surface area contributed by atoms with Crippen molar-refractivity contribution in [3.63, 3.8) is 0 Å². The molecule has 0 radical (unpaired) electrons. The van der Waals surface area contributed by atoms with Gasteiger partial charge in [0, 0.05) is 12.0 Å². The van der Waals surface area contributed by atoms with E-state index in [4.69, 9.17) is 8.37 Å². The zero-order valence-electron chi connectivity index (χ0n) is 16.9. The Morgan fingerprint density at radius 1 is 0.800 bits per heavy atom. The van der Waals surface area contributed by atoms with Gasteiger partial charge in [0.1, 0.15) is 0 Å². The summed E-state index contributed by atoms with van der Waals surface area (Å²) in [5.41, 5.74) is 1.04. The van der Waals surface area contributed by atoms with Crippen LogP contribution in [-0.2, 0) is 28.6 Å². The molecule has 1 aliphatic carbocycles. The maximum absolute atomic E-state index is 12.5. The summed E-state index contributed by atoms with van der Waals surface area (Å²) in [7, 11) is -7.98. The predicted octanol–water partition coefficient (Wildman–Crippen LogP) is 2.80. The van der Waals surface area contributed by atoms with E-state index in [9.17, 15) is 21.9 Å². The molecular formula is C21H26O7S2. The molecule has 2 aromatic carbocycles. The maximum Gasteiger partial charge on any atom is 0.296 e. The van der Waals surface area contributed by atoms with Crippen LogP contribution in [0, 0.1) is 25.2 Å². The van der Waals surface area contributed by atoms with Crippen LogP contribution in [0.25, 0.3) is 0 Å². The lowest BCUT2D eigenvalue weighted by Gasteiger charge is -2.46. The van der Waals surface area contributed by atoms with Gasteiger partial charge in [-0.2, -0.15) is 16.8 Å². The first-order valence-electron chi connectivity index (χ1n) is 9.58. The number of aliphatic hydroxyl groups excluding tert-OH is 1. The summed E-state index contributed by atoms with van der Waals surface area (Å²) in [5, 5.41) is 9.36. The Balaban J connectivity index is 1.70. The van der Waals surface area contributed by atoms with Gasteiger partial charge in [0.05, 0.1) is 23.0 Å². The Morgan fingerprint density at radius 3 is 1.50 bits per heavy atom. The first-order valence-corrected chi connectivity index (χ1v) is 12.4. The summed E-state index contributed by atoms with van der Waals surface area (Å²) in [6.45, 7) is 3.20. The van der Waals surface area contributed by atoms with Crippen LogP contribution in [0.4, 0.5) is 0 Å². The minimum atomic E-state index is -3.99. The quantitative estimate of drug-likeness (QED) is 0.581. The fourth-order valence-corrected chi connectivity index (χ4v) is 5.54. The van der Waals surface area contributed by atoms with Crippen LogP contribution in [0.2, 0.25) is 0 Å². The summed E-state index contributed by atoms with van der Waals surface area (Å²) >= 11 is 0. The van der Waals surface area contributed by atoms with E-state index in [1.165, 1.54) is 24.3 Å². The van der Waals surface area contributed by atoms with Crippen LogP contribution < -0.4 is 0 Å². The highest BCUT2D eigenvalue weighted by atomic mass is 32.2. The molecule has 0 amide bonds. The predicted molar refractivity (Wildman–Crippen MR) is 111 cm³/mol. The summed E-state index contributed by atoms with van der Waals surface area (Å²) in [6.07, 6.45) is 0.826. The molecule has 30 heavy (non-hydrogen) atoms. The van der Waals surface area contributed by atoms with Gasteiger partial charge < -0.3 is 5.11 Å². The Hall–Kier alpha value is -1.78. The van der Waals surface area contributed by atoms with E-state index in [-0.39, 0.29) is 35.5 Å². The third kappa shape index (κ3) is 5.28. The standard InChI is InChI=1S/C21H26O7S2/c1-16-3-7-19(8-4-16)29(23,24)27-14-21(11-18(12-21)13-22)15-28-30(25,26)20-9-5-17(2)6-10-20/h3-10,18,22H,11-15H2,1-2H3. The summed E-state index contributed by atoms with van der Waals surface area (Å²) in [5.74, 6) is -0.0404. The summed E-state index contributed by atoms with van der Waals surface area (Å²) < 4.78 is 60.5. The van der Waals surface area contributed by atoms with E-state index in [1.807, 2.05) is 13.8 Å². The van der Waals surface area contributed by atoms with E-state index in [1.54, 1.807) is 24.3 Å². The molecule has 0 bridgehead atoms. The lowest BCUT2D eigenvalue weighted by atomic mass is 9.63. The average molecular weight is 455 g/mol. The lowest BCUT2D eigenvalue weighted by molar-refractivity contribution is -0.0473. The van der Waals surface area contributed by atoms with E-state index >= 15 is 0 Å². The highest BCUT2D eigenvalue weighted by Gasteiger charge is 2.46. The SMILES string of the molecule is Cc1ccc(S(=O)(=O)OCC2(COS(=O)(=O)c3ccc(C)cc3)CC(CO)C2)cc1. The Morgan fingerprint density at radius 2 is 1.17 bits per heavy atom. The molecule has 0 aromatic heterocycles. The molecule has 1 N–H and O–H groups in total. The lowest BCUT2D eigenvalue weighted by Crippen LogP contribution is -2.46. The monoisotopic (exact) mass is 454 g/mol. The highest BCUT2D eigenvalue weighted by molar-refractivity contribution is 7.87. The first-order chi connectivity index (χ1) is 14.1. The molecule has 0 unspecified atom stereocenters. The smallest absolute Gasteiger partial charge is 0.296 e. The minimum absolute atomic E-state index is 0.0366. The van der Waals surface area contributed by atoms with Crippen LogP contribution in [0.3, 0.4) is 0 Å². The van der Waals surface area contributed by atoms with Crippen molar-refractivity contribution in [2.24, 2.45) is 11.3 Å². The molecular weight excluding hydrogens is 428 g/mol. The van der Waals surface area contributed by atoms with Crippen molar-refractivity contribution in [1.82, 2.24) is 0 Å². The number of hydrogen-bond acceptors (Lipinski definition) is 7. The van der Waals surface area contributed by atoms with E-state index in [2.05, 4.69) is 0 Å². The molecule has 0 saturated heterocycles. The van der Waals surface area contributed by atoms with E-state index < -0.39 is 25.7 Å². The molecule has 9 heteroatoms. The van der Waals surface area contributed by atoms with Crippen LogP contribution >= 0.6 is 0 Å². The number of hydrogen-bond donors (Lipinski definition) is 1. The zero-order chi connectivity index (χ0) is 22.0. The molecule has 1 fully saturated rings. The average Bonchev–Trinajstić information content (AvgIpc) is 2.67. The van der Waals surface area contributed by atoms with Crippen molar-refractivity contribution in [1.29, 1.82) is 0 Å². The molecule has 0 spiro atoms. The highest BCUT2D eigenvalue weighted by Crippen LogP contribution is 2.46. The topological polar surface area (TPSA) is 107 Å². The molecule has 164 valence electrons. The minimum Gasteiger partial charge on any atom is -0.396 e. The molecule has 1 aliphatic rings. The van der Waals surface area contributed by atoms with Gasteiger partial charge in [0.25, 0.3) is 20.2 Å². The Kier molecular flexibility index (Phi) is 6.69. The van der Waals surface area contributed by atoms with Gasteiger partial charge in [0.15, 0.2) is 0 Å². The molecule has 2 aromatic rings. The first kappa shape index (κ1) is 22.9. The second-order valence-corrected chi connectivity index (χ2v) is 11.2. The number of aryl methyl sites for hydroxylation is 2. The number of benzene rings is 2. The van der Waals surface area contributed by atoms with Gasteiger partial charge in [-0.1, -0.05) is 35.4 Å². The third-order valence-corrected chi connectivity index (χ3v) is 7.92. The van der Waals surface area contributed by atoms with Crippen molar-refractivity contribution >= 4 is 20.2 Å². The van der Waals surface area contributed by atoms with Gasteiger partial charge in [0.2, 0.25) is 0 Å². The number of aliphatic hydroxyl groups is 1. The van der Waals surface area contributed by atoms with Crippen LogP contribution in [-0.4, -0.2) is 41.8 Å². The second-order valence-electron chi connectivity index (χ2n) is 8.02. The maximum atomic E-state index is 12.5. The van der Waals surface area contributed by atoms with Crippen molar-refractivity contribution in [3.05, 3.63) is 59.7 Å². The molecule has 0 atom stereocenters. The normalized spacial score (nSPS) is 16.9. The molecule has 0 heterocycles. The van der Waals surface area contributed by atoms with Crippen molar-refractivity contribution in [2.75, 3.05) is 19.8 Å². The van der Waals surface area contributed by atoms with Crippen molar-refractivity contribution < 1.29 is 30.3 Å². The third-order valence-electron chi connectivity index (χ3n) is 5.36. The van der Waals surface area contributed by atoms with Gasteiger partial charge >= 0.3 is 0 Å². The van der Waals surface area contributed by atoms with E-state index in [0.717, 1.165) is 11.1 Å². The summed E-state index contributed by atoms with van der Waals surface area (Å²) in [4.78, 5) is 0.0731. The van der Waals surface area contributed by atoms with Gasteiger partial charge in [-0.3, -0.25) is 8.37 Å². The molecule has 1 saturated carbocycles. The van der Waals surface area contributed by atoms with E-state index in [0.29, 0.717) is 12.8 Å². The number of rotatable bonds is 9. The van der Waals surface area contributed by atoms with Crippen molar-refractivity contribution in [3.8, 4) is 0 Å². The fraction of sp³-hybridized carbons (Fsp3) is 0.429. The molecule has 3 rings (SSSR count). The Labute approximate surface area is 177 Å². The van der Waals surface area contributed by atoms with Crippen LogP contribution in [0.1, 0.15) is 24.0 Å². The van der Waals surface area contributed by atoms with Gasteiger partial charge in [-0.15, -0.1) is 0 Å².